The highest BCUT2D eigenvalue weighted by Crippen LogP contribution is 2.24. The standard InChI is InChI=1S/C13H16ClN3O/c1-3-6-17-12(8-18)15-16-13(17)10-5-4-9(2)11(14)7-10/h4-5,7,18H,3,6,8H2,1-2H3. The molecule has 2 aromatic rings. The maximum Gasteiger partial charge on any atom is 0.164 e. The van der Waals surface area contributed by atoms with Crippen LogP contribution in [0.5, 0.6) is 0 Å². The van der Waals surface area contributed by atoms with Crippen LogP contribution in [0.25, 0.3) is 11.4 Å². The van der Waals surface area contributed by atoms with Crippen molar-refractivity contribution in [3.63, 3.8) is 0 Å². The predicted molar refractivity (Wildman–Crippen MR) is 71.4 cm³/mol. The number of hydrogen-bond donors (Lipinski definition) is 1. The van der Waals surface area contributed by atoms with E-state index in [2.05, 4.69) is 17.1 Å². The van der Waals surface area contributed by atoms with Crippen molar-refractivity contribution in [2.24, 2.45) is 0 Å². The Hall–Kier alpha value is -1.39. The van der Waals surface area contributed by atoms with Crippen molar-refractivity contribution in [3.8, 4) is 11.4 Å². The number of hydrogen-bond acceptors (Lipinski definition) is 3. The summed E-state index contributed by atoms with van der Waals surface area (Å²) in [6.07, 6.45) is 0.956. The Morgan fingerprint density at radius 2 is 2.11 bits per heavy atom. The summed E-state index contributed by atoms with van der Waals surface area (Å²) >= 11 is 6.13. The van der Waals surface area contributed by atoms with Crippen molar-refractivity contribution in [1.29, 1.82) is 0 Å². The van der Waals surface area contributed by atoms with Gasteiger partial charge in [0, 0.05) is 17.1 Å². The molecule has 1 N–H and O–H groups in total. The van der Waals surface area contributed by atoms with Crippen molar-refractivity contribution >= 4 is 11.6 Å². The third-order valence-electron chi connectivity index (χ3n) is 2.85. The van der Waals surface area contributed by atoms with Gasteiger partial charge in [0.05, 0.1) is 0 Å². The summed E-state index contributed by atoms with van der Waals surface area (Å²) in [5.74, 6) is 1.34. The number of aromatic nitrogens is 3. The van der Waals surface area contributed by atoms with Crippen LogP contribution in [0.2, 0.25) is 5.02 Å². The summed E-state index contributed by atoms with van der Waals surface area (Å²) in [4.78, 5) is 0. The van der Waals surface area contributed by atoms with Crippen molar-refractivity contribution in [3.05, 3.63) is 34.6 Å². The fraction of sp³-hybridized carbons (Fsp3) is 0.385. The number of aliphatic hydroxyl groups is 1. The van der Waals surface area contributed by atoms with Crippen molar-refractivity contribution in [1.82, 2.24) is 14.8 Å². The lowest BCUT2D eigenvalue weighted by Crippen LogP contribution is -2.05. The van der Waals surface area contributed by atoms with Crippen LogP contribution in [0.4, 0.5) is 0 Å². The summed E-state index contributed by atoms with van der Waals surface area (Å²) in [6, 6.07) is 5.81. The highest BCUT2D eigenvalue weighted by Gasteiger charge is 2.13. The van der Waals surface area contributed by atoms with E-state index < -0.39 is 0 Å². The lowest BCUT2D eigenvalue weighted by Gasteiger charge is -2.08. The monoisotopic (exact) mass is 265 g/mol. The largest absolute Gasteiger partial charge is 0.388 e. The van der Waals surface area contributed by atoms with E-state index in [1.807, 2.05) is 29.7 Å². The molecule has 2 rings (SSSR count). The van der Waals surface area contributed by atoms with Crippen LogP contribution in [0, 0.1) is 6.92 Å². The van der Waals surface area contributed by atoms with Crippen LogP contribution >= 0.6 is 11.6 Å². The Morgan fingerprint density at radius 3 is 2.72 bits per heavy atom. The van der Waals surface area contributed by atoms with Gasteiger partial charge in [0.25, 0.3) is 0 Å². The normalized spacial score (nSPS) is 10.9. The molecule has 5 heteroatoms. The molecule has 18 heavy (non-hydrogen) atoms. The van der Waals surface area contributed by atoms with Crippen LogP contribution in [-0.2, 0) is 13.2 Å². The molecule has 0 bridgehead atoms. The zero-order valence-corrected chi connectivity index (χ0v) is 11.3. The Bertz CT molecular complexity index is 551. The zero-order valence-electron chi connectivity index (χ0n) is 10.5. The SMILES string of the molecule is CCCn1c(CO)nnc1-c1ccc(C)c(Cl)c1. The first-order valence-electron chi connectivity index (χ1n) is 5.96. The molecule has 0 unspecified atom stereocenters. The minimum absolute atomic E-state index is 0.105. The minimum Gasteiger partial charge on any atom is -0.388 e. The third-order valence-corrected chi connectivity index (χ3v) is 3.25. The molecular weight excluding hydrogens is 250 g/mol. The molecule has 4 nitrogen and oxygen atoms in total. The molecule has 0 spiro atoms. The van der Waals surface area contributed by atoms with Gasteiger partial charge in [-0.05, 0) is 25.0 Å². The van der Waals surface area contributed by atoms with Gasteiger partial charge in [-0.1, -0.05) is 30.7 Å². The number of benzene rings is 1. The van der Waals surface area contributed by atoms with E-state index in [1.54, 1.807) is 0 Å². The number of nitrogens with zero attached hydrogens (tertiary/aromatic N) is 3. The predicted octanol–water partition coefficient (Wildman–Crippen LogP) is 2.81. The molecule has 0 radical (unpaired) electrons. The van der Waals surface area contributed by atoms with E-state index in [0.717, 1.165) is 29.9 Å². The first-order chi connectivity index (χ1) is 8.67. The lowest BCUT2D eigenvalue weighted by molar-refractivity contribution is 0.264. The summed E-state index contributed by atoms with van der Waals surface area (Å²) in [5.41, 5.74) is 1.95. The zero-order chi connectivity index (χ0) is 13.1. The van der Waals surface area contributed by atoms with Gasteiger partial charge >= 0.3 is 0 Å². The summed E-state index contributed by atoms with van der Waals surface area (Å²) in [6.45, 7) is 4.71. The maximum atomic E-state index is 9.25. The van der Waals surface area contributed by atoms with Gasteiger partial charge in [0.15, 0.2) is 11.6 Å². The average Bonchev–Trinajstić information content (AvgIpc) is 2.76. The van der Waals surface area contributed by atoms with E-state index >= 15 is 0 Å². The van der Waals surface area contributed by atoms with E-state index in [0.29, 0.717) is 10.8 Å². The van der Waals surface area contributed by atoms with Gasteiger partial charge in [-0.25, -0.2) is 0 Å². The third kappa shape index (κ3) is 2.40. The van der Waals surface area contributed by atoms with Gasteiger partial charge in [-0.2, -0.15) is 0 Å². The fourth-order valence-corrected chi connectivity index (χ4v) is 2.04. The molecule has 0 aliphatic heterocycles. The average molecular weight is 266 g/mol. The van der Waals surface area contributed by atoms with Gasteiger partial charge in [0.1, 0.15) is 6.61 Å². The van der Waals surface area contributed by atoms with E-state index in [-0.39, 0.29) is 6.61 Å². The molecule has 0 atom stereocenters. The Balaban J connectivity index is 2.49. The molecule has 1 aromatic carbocycles. The van der Waals surface area contributed by atoms with Crippen LogP contribution in [0.15, 0.2) is 18.2 Å². The number of rotatable bonds is 4. The second kappa shape index (κ2) is 5.50. The molecule has 0 fully saturated rings. The van der Waals surface area contributed by atoms with Crippen molar-refractivity contribution in [2.75, 3.05) is 0 Å². The van der Waals surface area contributed by atoms with Gasteiger partial charge < -0.3 is 9.67 Å². The Morgan fingerprint density at radius 1 is 1.33 bits per heavy atom. The molecule has 0 amide bonds. The molecule has 1 heterocycles. The fourth-order valence-electron chi connectivity index (χ4n) is 1.86. The Kier molecular flexibility index (Phi) is 3.99. The first kappa shape index (κ1) is 13.1. The van der Waals surface area contributed by atoms with Crippen molar-refractivity contribution in [2.45, 2.75) is 33.4 Å². The Labute approximate surface area is 111 Å². The molecule has 96 valence electrons. The summed E-state index contributed by atoms with van der Waals surface area (Å²) in [7, 11) is 0. The lowest BCUT2D eigenvalue weighted by atomic mass is 10.1. The first-order valence-corrected chi connectivity index (χ1v) is 6.34. The highest BCUT2D eigenvalue weighted by atomic mass is 35.5. The number of halogens is 1. The van der Waals surface area contributed by atoms with E-state index in [1.165, 1.54) is 0 Å². The molecule has 0 saturated carbocycles. The maximum absolute atomic E-state index is 9.25. The van der Waals surface area contributed by atoms with E-state index in [9.17, 15) is 5.11 Å². The second-order valence-corrected chi connectivity index (χ2v) is 4.62. The van der Waals surface area contributed by atoms with Crippen molar-refractivity contribution < 1.29 is 5.11 Å². The van der Waals surface area contributed by atoms with Gasteiger partial charge in [-0.3, -0.25) is 0 Å². The minimum atomic E-state index is -0.105. The summed E-state index contributed by atoms with van der Waals surface area (Å²) in [5, 5.41) is 18.1. The van der Waals surface area contributed by atoms with Gasteiger partial charge in [-0.15, -0.1) is 10.2 Å². The quantitative estimate of drug-likeness (QED) is 0.925. The van der Waals surface area contributed by atoms with Crippen LogP contribution in [-0.4, -0.2) is 19.9 Å². The smallest absolute Gasteiger partial charge is 0.164 e. The molecule has 1 aromatic heterocycles. The second-order valence-electron chi connectivity index (χ2n) is 4.21. The van der Waals surface area contributed by atoms with Crippen LogP contribution < -0.4 is 0 Å². The molecule has 0 saturated heterocycles. The number of aryl methyl sites for hydroxylation is 1. The topological polar surface area (TPSA) is 50.9 Å². The molecule has 0 aliphatic carbocycles. The van der Waals surface area contributed by atoms with Crippen LogP contribution in [0.1, 0.15) is 24.7 Å². The number of aliphatic hydroxyl groups excluding tert-OH is 1. The van der Waals surface area contributed by atoms with Crippen LogP contribution in [0.3, 0.4) is 0 Å². The van der Waals surface area contributed by atoms with Gasteiger partial charge in [0.2, 0.25) is 0 Å². The molecule has 0 aliphatic rings. The summed E-state index contributed by atoms with van der Waals surface area (Å²) < 4.78 is 1.93. The molecular formula is C13H16ClN3O. The highest BCUT2D eigenvalue weighted by molar-refractivity contribution is 6.31. The van der Waals surface area contributed by atoms with E-state index in [4.69, 9.17) is 11.6 Å².